The van der Waals surface area contributed by atoms with Crippen LogP contribution in [0.4, 0.5) is 0 Å². The molecule has 2 bridgehead atoms. The third kappa shape index (κ3) is 18.7. The van der Waals surface area contributed by atoms with Crippen molar-refractivity contribution >= 4 is 29.2 Å². The molecule has 0 aromatic heterocycles. The number of Topliss-reactive ketones (excluding diaryl/α,β-unsaturated/α-hetero) is 3. The van der Waals surface area contributed by atoms with Gasteiger partial charge < -0.3 is 57.7 Å². The lowest BCUT2D eigenvalue weighted by Gasteiger charge is -2.43. The number of morpholine rings is 1. The second-order valence-corrected chi connectivity index (χ2v) is 23.9. The maximum absolute atomic E-state index is 14.7. The molecule has 1 aliphatic carbocycles. The van der Waals surface area contributed by atoms with E-state index in [4.69, 9.17) is 42.6 Å². The van der Waals surface area contributed by atoms with Gasteiger partial charge in [-0.2, -0.15) is 0 Å². The number of esters is 1. The number of piperidine rings is 1. The van der Waals surface area contributed by atoms with Crippen molar-refractivity contribution in [2.45, 2.75) is 193 Å². The predicted molar refractivity (Wildman–Crippen MR) is 300 cm³/mol. The van der Waals surface area contributed by atoms with Gasteiger partial charge in [0.2, 0.25) is 5.79 Å². The number of carbonyl (C=O) groups is 5. The number of methoxy groups -OCH3 is 2. The van der Waals surface area contributed by atoms with Crippen molar-refractivity contribution in [1.82, 2.24) is 9.80 Å². The Kier molecular flexibility index (Phi) is 26.7. The molecule has 6 aliphatic rings. The number of aliphatic hydroxyl groups excluding tert-OH is 1. The third-order valence-electron chi connectivity index (χ3n) is 17.6. The highest BCUT2D eigenvalue weighted by molar-refractivity contribution is 6.39. The minimum atomic E-state index is -2.47. The number of hydrogen-bond donors (Lipinski definition) is 2. The molecule has 5 fully saturated rings. The second kappa shape index (κ2) is 32.5. The zero-order valence-corrected chi connectivity index (χ0v) is 49.6. The Hall–Kier alpha value is -3.53. The fraction of sp³-hybridized carbons (Fsp3) is 0.790. The van der Waals surface area contributed by atoms with E-state index in [-0.39, 0.29) is 80.0 Å². The van der Waals surface area contributed by atoms with Gasteiger partial charge in [-0.15, -0.1) is 0 Å². The predicted octanol–water partition coefficient (Wildman–Crippen LogP) is 6.71. The van der Waals surface area contributed by atoms with Gasteiger partial charge >= 0.3 is 5.97 Å². The molecule has 452 valence electrons. The highest BCUT2D eigenvalue weighted by Gasteiger charge is 2.53. The number of cyclic esters (lactones) is 1. The standard InChI is InChI=1S/C62H98N2O16/c1-40-16-11-10-12-17-41(2)53(78-31-30-76-49-38-75-39-49)36-48-21-19-46(7)62(71,80-48)59(68)60(69)64-24-14-13-18-50(64)61(70)79-54(37-51(65)42(3)33-45(6)57(67)58(73-9)56(66)44(5)32-40)43(4)34-47-20-22-52(55(35-47)72-8)77-27-15-23-63-25-28-74-29-26-63/h10-12,16-17,33,40,42-44,46-50,52-55,57-58,67,71H,13-15,18-32,34-39H2,1-9H3/b12-10+,16-11+,41-17+,45-33+/t40-,42-,43-,44-,46-,47+,48+,50+,52-,53-,54+,55-,57-,58+,62-/m1/s1. The van der Waals surface area contributed by atoms with Crippen molar-refractivity contribution in [1.29, 1.82) is 0 Å². The van der Waals surface area contributed by atoms with Gasteiger partial charge in [-0.3, -0.25) is 24.1 Å². The van der Waals surface area contributed by atoms with E-state index in [2.05, 4.69) is 4.90 Å². The number of aliphatic hydroxyl groups is 2. The number of hydrogen-bond acceptors (Lipinski definition) is 17. The van der Waals surface area contributed by atoms with Crippen LogP contribution in [0, 0.1) is 35.5 Å². The topological polar surface area (TPSA) is 215 Å². The summed E-state index contributed by atoms with van der Waals surface area (Å²) in [4.78, 5) is 75.8. The van der Waals surface area contributed by atoms with Gasteiger partial charge in [0, 0.05) is 77.6 Å². The molecular weight excluding hydrogens is 1030 g/mol. The Morgan fingerprint density at radius 3 is 2.25 bits per heavy atom. The van der Waals surface area contributed by atoms with Crippen LogP contribution in [0.1, 0.15) is 132 Å². The molecule has 0 radical (unpaired) electrons. The van der Waals surface area contributed by atoms with Gasteiger partial charge in [-0.25, -0.2) is 4.79 Å². The number of rotatable bonds is 15. The number of carbonyl (C=O) groups excluding carboxylic acids is 5. The molecule has 1 saturated carbocycles. The molecule has 15 atom stereocenters. The van der Waals surface area contributed by atoms with Crippen molar-refractivity contribution < 1.29 is 76.8 Å². The van der Waals surface area contributed by atoms with Gasteiger partial charge in [0.25, 0.3) is 11.7 Å². The number of ketones is 3. The molecule has 18 heteroatoms. The highest BCUT2D eigenvalue weighted by atomic mass is 16.6. The van der Waals surface area contributed by atoms with Gasteiger partial charge in [0.1, 0.15) is 36.2 Å². The first-order chi connectivity index (χ1) is 38.3. The lowest BCUT2D eigenvalue weighted by atomic mass is 9.78. The molecule has 0 aromatic carbocycles. The van der Waals surface area contributed by atoms with Gasteiger partial charge in [-0.05, 0) is 113 Å². The van der Waals surface area contributed by atoms with E-state index in [0.29, 0.717) is 70.5 Å². The van der Waals surface area contributed by atoms with Gasteiger partial charge in [0.05, 0.1) is 64.1 Å². The lowest BCUT2D eigenvalue weighted by Crippen LogP contribution is -2.61. The molecule has 0 spiro atoms. The fourth-order valence-corrected chi connectivity index (χ4v) is 12.3. The largest absolute Gasteiger partial charge is 0.460 e. The van der Waals surface area contributed by atoms with Crippen LogP contribution in [0.25, 0.3) is 0 Å². The van der Waals surface area contributed by atoms with Crippen LogP contribution in [0.2, 0.25) is 0 Å². The van der Waals surface area contributed by atoms with E-state index in [0.717, 1.165) is 64.1 Å². The molecule has 18 nitrogen and oxygen atoms in total. The first-order valence-corrected chi connectivity index (χ1v) is 30.0. The Bertz CT molecular complexity index is 2120. The Morgan fingerprint density at radius 2 is 1.54 bits per heavy atom. The van der Waals surface area contributed by atoms with E-state index in [1.54, 1.807) is 34.0 Å². The normalized spacial score (nSPS) is 37.6. The van der Waals surface area contributed by atoms with E-state index in [1.807, 2.05) is 58.1 Å². The second-order valence-electron chi connectivity index (χ2n) is 23.9. The van der Waals surface area contributed by atoms with Crippen LogP contribution >= 0.6 is 0 Å². The van der Waals surface area contributed by atoms with Crippen LogP contribution in [0.15, 0.2) is 47.6 Å². The zero-order valence-electron chi connectivity index (χ0n) is 49.6. The molecule has 5 heterocycles. The summed E-state index contributed by atoms with van der Waals surface area (Å²) >= 11 is 0. The molecule has 0 aromatic rings. The number of ether oxygens (including phenoxy) is 9. The van der Waals surface area contributed by atoms with Gasteiger partial charge in [0.15, 0.2) is 5.78 Å². The van der Waals surface area contributed by atoms with Crippen LogP contribution < -0.4 is 0 Å². The molecule has 2 N–H and O–H groups in total. The van der Waals surface area contributed by atoms with Crippen LogP contribution in [-0.2, 0) is 66.6 Å². The quantitative estimate of drug-likeness (QED) is 0.0754. The summed E-state index contributed by atoms with van der Waals surface area (Å²) in [5.41, 5.74) is 1.26. The Labute approximate surface area is 476 Å². The van der Waals surface area contributed by atoms with E-state index in [1.165, 1.54) is 12.0 Å². The first-order valence-electron chi connectivity index (χ1n) is 30.0. The van der Waals surface area contributed by atoms with E-state index in [9.17, 15) is 34.2 Å². The maximum atomic E-state index is 14.7. The van der Waals surface area contributed by atoms with Gasteiger partial charge in [-0.1, -0.05) is 71.1 Å². The van der Waals surface area contributed by atoms with Crippen molar-refractivity contribution in [3.63, 3.8) is 0 Å². The summed E-state index contributed by atoms with van der Waals surface area (Å²) in [6.07, 6.45) is 13.2. The monoisotopic (exact) mass is 1130 g/mol. The number of nitrogens with zero attached hydrogens (tertiary/aromatic N) is 2. The summed E-state index contributed by atoms with van der Waals surface area (Å²) in [7, 11) is 3.10. The highest BCUT2D eigenvalue weighted by Crippen LogP contribution is 2.38. The SMILES string of the molecule is CO[C@@H]1C[C@H](C[C@@H](C)[C@@H]2CC(=O)[C@H](C)/C=C(\C)[C@@H](O)[C@@H](OC)C(=O)[C@H](C)C[C@H](C)/C=C/C=C/C=C(\C)[C@H](OCCOC3COC3)C[C@@H]3CC[C@@H](C)[C@@](O)(O3)C(=O)C(=O)N3CCCC[C@H]3C(=O)O2)CC[C@H]1OCCCN1CCOCC1. The smallest absolute Gasteiger partial charge is 0.329 e. The van der Waals surface area contributed by atoms with Crippen LogP contribution in [-0.4, -0.2) is 197 Å². The van der Waals surface area contributed by atoms with E-state index >= 15 is 0 Å². The van der Waals surface area contributed by atoms with Crippen molar-refractivity contribution in [2.24, 2.45) is 35.5 Å². The van der Waals surface area contributed by atoms with Crippen molar-refractivity contribution in [3.8, 4) is 0 Å². The molecule has 1 amide bonds. The molecule has 80 heavy (non-hydrogen) atoms. The Morgan fingerprint density at radius 1 is 0.787 bits per heavy atom. The van der Waals surface area contributed by atoms with Crippen molar-refractivity contribution in [2.75, 3.05) is 86.6 Å². The van der Waals surface area contributed by atoms with Crippen molar-refractivity contribution in [3.05, 3.63) is 47.6 Å². The zero-order chi connectivity index (χ0) is 57.9. The molecular formula is C62H98N2O16. The average molecular weight is 1130 g/mol. The minimum absolute atomic E-state index is 0.00323. The molecule has 6 rings (SSSR count). The van der Waals surface area contributed by atoms with Crippen LogP contribution in [0.3, 0.4) is 0 Å². The number of fused-ring (bicyclic) bond motifs is 3. The van der Waals surface area contributed by atoms with Crippen LogP contribution in [0.5, 0.6) is 0 Å². The third-order valence-corrected chi connectivity index (χ3v) is 17.6. The summed E-state index contributed by atoms with van der Waals surface area (Å²) in [6, 6.07) is -1.15. The number of amides is 1. The minimum Gasteiger partial charge on any atom is -0.460 e. The fourth-order valence-electron chi connectivity index (χ4n) is 12.3. The lowest BCUT2D eigenvalue weighted by molar-refractivity contribution is -0.266. The molecule has 4 saturated heterocycles. The van der Waals surface area contributed by atoms with E-state index < -0.39 is 77.8 Å². The first kappa shape index (κ1) is 65.6. The Balaban J connectivity index is 1.24. The maximum Gasteiger partial charge on any atom is 0.329 e. The molecule has 5 aliphatic heterocycles. The summed E-state index contributed by atoms with van der Waals surface area (Å²) in [5.74, 6) is -7.98. The number of allylic oxidation sites excluding steroid dienone is 6. The summed E-state index contributed by atoms with van der Waals surface area (Å²) < 4.78 is 53.8. The molecule has 0 unspecified atom stereocenters. The summed E-state index contributed by atoms with van der Waals surface area (Å²) in [5, 5.41) is 23.9. The summed E-state index contributed by atoms with van der Waals surface area (Å²) in [6.45, 7) is 19.5. The average Bonchev–Trinajstić information content (AvgIpc) is 3.43.